The van der Waals surface area contributed by atoms with Gasteiger partial charge in [0.1, 0.15) is 48.8 Å². The summed E-state index contributed by atoms with van der Waals surface area (Å²) >= 11 is 1.77. The number of hydrogen-bond acceptors (Lipinski definition) is 19. The van der Waals surface area contributed by atoms with Gasteiger partial charge in [-0.2, -0.15) is 11.8 Å². The van der Waals surface area contributed by atoms with Crippen LogP contribution in [0.4, 0.5) is 4.39 Å². The molecule has 0 radical (unpaired) electrons. The zero-order valence-electron chi connectivity index (χ0n) is 48.8. The van der Waals surface area contributed by atoms with Gasteiger partial charge in [0.2, 0.25) is 0 Å². The molecule has 20 nitrogen and oxygen atoms in total. The van der Waals surface area contributed by atoms with E-state index in [1.54, 1.807) is 64.2 Å². The normalized spacial score (nSPS) is 37.9. The number of aliphatic hydroxyl groups is 5. The van der Waals surface area contributed by atoms with E-state index in [1.807, 2.05) is 75.1 Å². The fourth-order valence-corrected chi connectivity index (χ4v) is 13.1. The quantitative estimate of drug-likeness (QED) is 0.104. The molecule has 3 saturated heterocycles. The van der Waals surface area contributed by atoms with Gasteiger partial charge in [-0.1, -0.05) is 57.2 Å². The highest BCUT2D eigenvalue weighted by Gasteiger charge is 2.55. The molecule has 0 aliphatic carbocycles. The van der Waals surface area contributed by atoms with E-state index in [0.717, 1.165) is 28.5 Å². The Hall–Kier alpha value is -3.23. The monoisotopic (exact) mass is 1120 g/mol. The van der Waals surface area contributed by atoms with Crippen LogP contribution in [0.1, 0.15) is 131 Å². The van der Waals surface area contributed by atoms with E-state index >= 15 is 4.39 Å². The van der Waals surface area contributed by atoms with Crippen LogP contribution in [0.25, 0.3) is 5.69 Å². The Labute approximate surface area is 466 Å². The lowest BCUT2D eigenvalue weighted by Gasteiger charge is -2.51. The number of hydrogen-bond donors (Lipinski definition) is 5. The number of nitrogens with zero attached hydrogens (tertiary/aromatic N) is 8. The van der Waals surface area contributed by atoms with E-state index in [2.05, 4.69) is 27.5 Å². The third-order valence-electron chi connectivity index (χ3n) is 17.3. The standard InChI is InChI=1S/C56H93FN8O12S/c1-16-45-56(11,71)49(67)36(7)63(13)28-32(3)25-54(9,70)51(34(5)46(35(6)52(69)76-45)44-26-55(10,73-15)50(68)37(8)75-44)77-53-47(66)42(24-33(4)74-53)62(12)23-22-39-29-65(61-58-39)43(27-57)48(72-14)38-18-20-41(21-19-38)64-30-40(59-60-64)31-78-17-2/h18-21,29-30,32-37,42-51,53,66-68,70-71H,16-17,22-28,31H2,1-15H3/t32-,33-,34+,35-,36-,37+,42+,43-,44-,45-,46?,47-,48-,49-,50+,51-,53+,54-,55-,56-/m1/s1. The highest BCUT2D eigenvalue weighted by molar-refractivity contribution is 7.98. The number of ether oxygens (including phenoxy) is 6. The van der Waals surface area contributed by atoms with Gasteiger partial charge in [-0.25, -0.2) is 13.8 Å². The van der Waals surface area contributed by atoms with Crippen molar-refractivity contribution >= 4 is 17.7 Å². The number of thioether (sulfide) groups is 1. The van der Waals surface area contributed by atoms with Crippen molar-refractivity contribution in [1.82, 2.24) is 39.8 Å². The molecule has 0 bridgehead atoms. The molecule has 1 unspecified atom stereocenters. The van der Waals surface area contributed by atoms with E-state index in [4.69, 9.17) is 28.4 Å². The maximum Gasteiger partial charge on any atom is 0.309 e. The third kappa shape index (κ3) is 14.5. The number of alkyl halides is 1. The van der Waals surface area contributed by atoms with Crippen LogP contribution in [0, 0.1) is 23.7 Å². The molecule has 22 heteroatoms. The summed E-state index contributed by atoms with van der Waals surface area (Å²) in [5.74, 6) is -1.51. The lowest BCUT2D eigenvalue weighted by Crippen LogP contribution is -2.62. The minimum Gasteiger partial charge on any atom is -0.459 e. The van der Waals surface area contributed by atoms with E-state index in [1.165, 1.54) is 25.8 Å². The summed E-state index contributed by atoms with van der Waals surface area (Å²) in [6, 6.07) is 5.69. The van der Waals surface area contributed by atoms with Gasteiger partial charge < -0.3 is 63.8 Å². The molecule has 0 spiro atoms. The van der Waals surface area contributed by atoms with Gasteiger partial charge in [0.15, 0.2) is 6.29 Å². The molecule has 3 fully saturated rings. The van der Waals surface area contributed by atoms with Crippen molar-refractivity contribution in [3.8, 4) is 5.69 Å². The molecule has 3 aromatic rings. The molecule has 2 aromatic heterocycles. The third-order valence-corrected chi connectivity index (χ3v) is 18.2. The molecule has 5 N–H and O–H groups in total. The summed E-state index contributed by atoms with van der Waals surface area (Å²) in [5.41, 5.74) is -1.46. The average molecular weight is 1120 g/mol. The molecule has 1 aromatic carbocycles. The van der Waals surface area contributed by atoms with Crippen LogP contribution in [-0.2, 0) is 45.4 Å². The molecule has 442 valence electrons. The van der Waals surface area contributed by atoms with Crippen molar-refractivity contribution in [3.05, 3.63) is 53.6 Å². The SMILES string of the molecule is CCSCc1cn(-c2ccc([C@@H](OC)[C@@H](CF)n3cc(CCN(C)[C@H]4C[C@@H](C)O[C@@H](O[C@@H]5[C@@H](C)C([C@H]6C[C@@](C)(OC)[C@@H](O)[C@H](C)O6)[C@@H](C)C(=O)O[C@H](CC)[C@@](C)(O)[C@H](O)[C@@H](C)N(C)C[C@H](C)C[C@@]5(C)O)[C@@H]4O)nn3)cc2)nn1. The van der Waals surface area contributed by atoms with Crippen LogP contribution in [0.2, 0.25) is 0 Å². The number of cyclic esters (lactones) is 1. The molecule has 6 rings (SSSR count). The zero-order chi connectivity index (χ0) is 57.6. The molecular formula is C56H93FN8O12S. The van der Waals surface area contributed by atoms with Gasteiger partial charge >= 0.3 is 5.97 Å². The molecule has 0 saturated carbocycles. The summed E-state index contributed by atoms with van der Waals surface area (Å²) in [4.78, 5) is 18.6. The molecule has 3 aliphatic rings. The van der Waals surface area contributed by atoms with E-state index in [-0.39, 0.29) is 25.2 Å². The molecule has 20 atom stereocenters. The average Bonchev–Trinajstić information content (AvgIpc) is 4.10. The van der Waals surface area contributed by atoms with E-state index in [0.29, 0.717) is 31.6 Å². The first-order chi connectivity index (χ1) is 36.7. The Kier molecular flexibility index (Phi) is 22.3. The van der Waals surface area contributed by atoms with Crippen LogP contribution in [0.3, 0.4) is 0 Å². The second-order valence-corrected chi connectivity index (χ2v) is 24.7. The second-order valence-electron chi connectivity index (χ2n) is 23.5. The number of halogens is 1. The van der Waals surface area contributed by atoms with Crippen LogP contribution in [0.5, 0.6) is 0 Å². The minimum atomic E-state index is -1.83. The molecule has 3 aliphatic heterocycles. The Morgan fingerprint density at radius 1 is 0.936 bits per heavy atom. The lowest BCUT2D eigenvalue weighted by atomic mass is 9.68. The summed E-state index contributed by atoms with van der Waals surface area (Å²) in [6.45, 7) is 20.0. The van der Waals surface area contributed by atoms with E-state index < -0.39 is 127 Å². The summed E-state index contributed by atoms with van der Waals surface area (Å²) in [6.07, 6.45) is -4.41. The fraction of sp³-hybridized carbons (Fsp3) is 0.804. The van der Waals surface area contributed by atoms with Crippen molar-refractivity contribution in [1.29, 1.82) is 0 Å². The lowest BCUT2D eigenvalue weighted by molar-refractivity contribution is -0.302. The van der Waals surface area contributed by atoms with Gasteiger partial charge in [0.05, 0.1) is 64.8 Å². The molecule has 5 heterocycles. The maximum atomic E-state index is 15.0. The first-order valence-corrected chi connectivity index (χ1v) is 29.1. The van der Waals surface area contributed by atoms with Crippen LogP contribution >= 0.6 is 11.8 Å². The first-order valence-electron chi connectivity index (χ1n) is 28.0. The fourth-order valence-electron chi connectivity index (χ4n) is 12.6. The van der Waals surface area contributed by atoms with Gasteiger partial charge in [-0.15, -0.1) is 10.2 Å². The Bertz CT molecular complexity index is 2330. The zero-order valence-corrected chi connectivity index (χ0v) is 49.6. The number of likely N-dealkylation sites (N-methyl/N-ethyl adjacent to an activating group) is 2. The number of rotatable bonds is 18. The van der Waals surface area contributed by atoms with Gasteiger partial charge in [-0.3, -0.25) is 4.79 Å². The predicted octanol–water partition coefficient (Wildman–Crippen LogP) is 5.11. The topological polar surface area (TPSA) is 241 Å². The molecular weight excluding hydrogens is 1030 g/mol. The van der Waals surface area contributed by atoms with E-state index in [9.17, 15) is 30.3 Å². The number of methoxy groups -OCH3 is 2. The van der Waals surface area contributed by atoms with Crippen molar-refractivity contribution in [3.63, 3.8) is 0 Å². The number of aromatic nitrogens is 6. The van der Waals surface area contributed by atoms with Gasteiger partial charge in [0.25, 0.3) is 0 Å². The van der Waals surface area contributed by atoms with Crippen molar-refractivity contribution < 1.29 is 63.1 Å². The predicted molar refractivity (Wildman–Crippen MR) is 293 cm³/mol. The molecule has 78 heavy (non-hydrogen) atoms. The van der Waals surface area contributed by atoms with Crippen LogP contribution in [0.15, 0.2) is 36.7 Å². The minimum absolute atomic E-state index is 0.170. The van der Waals surface area contributed by atoms with Gasteiger partial charge in [-0.05, 0) is 110 Å². The smallest absolute Gasteiger partial charge is 0.309 e. The summed E-state index contributed by atoms with van der Waals surface area (Å²) in [7, 11) is 6.81. The van der Waals surface area contributed by atoms with Crippen molar-refractivity contribution in [2.45, 2.75) is 210 Å². The van der Waals surface area contributed by atoms with Gasteiger partial charge in [0, 0.05) is 70.1 Å². The summed E-state index contributed by atoms with van der Waals surface area (Å²) in [5, 5.41) is 77.7. The largest absolute Gasteiger partial charge is 0.459 e. The number of esters is 1. The first kappa shape index (κ1) is 63.9. The second kappa shape index (κ2) is 27.2. The Morgan fingerprint density at radius 3 is 2.24 bits per heavy atom. The Balaban J connectivity index is 1.24. The van der Waals surface area contributed by atoms with Crippen molar-refractivity contribution in [2.75, 3.05) is 53.8 Å². The number of aliphatic hydroxyl groups excluding tert-OH is 3. The number of benzene rings is 1. The highest BCUT2D eigenvalue weighted by atomic mass is 32.2. The maximum absolute atomic E-state index is 15.0. The van der Waals surface area contributed by atoms with Crippen LogP contribution in [-0.4, -0.2) is 209 Å². The van der Waals surface area contributed by atoms with Crippen LogP contribution < -0.4 is 0 Å². The highest BCUT2D eigenvalue weighted by Crippen LogP contribution is 2.45. The van der Waals surface area contributed by atoms with Crippen molar-refractivity contribution in [2.24, 2.45) is 23.7 Å². The Morgan fingerprint density at radius 2 is 1.62 bits per heavy atom. The number of carbonyl (C=O) groups excluding carboxylic acids is 1. The molecule has 0 amide bonds. The number of carbonyl (C=O) groups is 1. The summed E-state index contributed by atoms with van der Waals surface area (Å²) < 4.78 is 56.4.